The summed E-state index contributed by atoms with van der Waals surface area (Å²) in [7, 11) is 1.30. The van der Waals surface area contributed by atoms with Crippen molar-refractivity contribution >= 4 is 76.3 Å². The average molecular weight is 749 g/mol. The number of carbonyl (C=O) groups excluding carboxylic acids is 5. The van der Waals surface area contributed by atoms with Gasteiger partial charge in [0.25, 0.3) is 23.6 Å². The molecule has 6 rings (SSSR count). The van der Waals surface area contributed by atoms with Gasteiger partial charge in [0.15, 0.2) is 10.5 Å². The minimum absolute atomic E-state index is 0.148. The molecule has 4 aromatic carbocycles. The molecule has 0 saturated carbocycles. The lowest BCUT2D eigenvalue weighted by atomic mass is 10.1. The number of hydrazine groups is 2. The number of halogens is 2. The van der Waals surface area contributed by atoms with Crippen molar-refractivity contribution in [3.05, 3.63) is 129 Å². The SMILES string of the molecule is COC(=O)c1cccc(CN2NC(=O)C(Sc3ccccc3Cl)C2=O)c1.N#Cc1ccc(CN2NC(=O)C(Sc3ccccc3Cl)C2=O)cc1. The number of benzene rings is 4. The molecule has 0 bridgehead atoms. The molecular formula is C35H27Cl2N5O6S2. The molecule has 0 spiro atoms. The van der Waals surface area contributed by atoms with Crippen molar-refractivity contribution in [1.29, 1.82) is 5.26 Å². The third-order valence-electron chi connectivity index (χ3n) is 7.22. The van der Waals surface area contributed by atoms with Crippen molar-refractivity contribution in [2.75, 3.05) is 7.11 Å². The van der Waals surface area contributed by atoms with Crippen molar-refractivity contribution < 1.29 is 28.7 Å². The Hall–Kier alpha value is -5.00. The van der Waals surface area contributed by atoms with Gasteiger partial charge in [-0.05, 0) is 59.7 Å². The molecule has 2 aliphatic heterocycles. The molecule has 2 unspecified atom stereocenters. The maximum absolute atomic E-state index is 12.6. The highest BCUT2D eigenvalue weighted by Gasteiger charge is 2.41. The largest absolute Gasteiger partial charge is 0.465 e. The van der Waals surface area contributed by atoms with Gasteiger partial charge in [-0.2, -0.15) is 5.26 Å². The van der Waals surface area contributed by atoms with Crippen LogP contribution in [0.1, 0.15) is 27.0 Å². The van der Waals surface area contributed by atoms with Crippen molar-refractivity contribution in [2.24, 2.45) is 0 Å². The van der Waals surface area contributed by atoms with Gasteiger partial charge in [0.2, 0.25) is 0 Å². The standard InChI is InChI=1S/C18H15ClN2O4S.C17H12ClN3O2S/c1-25-18(24)12-6-4-5-11(9-12)10-21-17(23)15(16(22)20-21)26-14-8-3-2-7-13(14)19;18-13-3-1-2-4-14(13)24-15-16(22)20-21(17(15)23)10-12-7-5-11(9-19)6-8-12/h2-9,15H,10H2,1H3,(H,20,22);1-8,15H,10H2,(H,20,22). The van der Waals surface area contributed by atoms with Gasteiger partial charge < -0.3 is 4.74 Å². The first-order valence-electron chi connectivity index (χ1n) is 14.8. The van der Waals surface area contributed by atoms with E-state index in [0.29, 0.717) is 36.5 Å². The van der Waals surface area contributed by atoms with E-state index in [2.05, 4.69) is 15.6 Å². The number of methoxy groups -OCH3 is 1. The molecule has 2 fully saturated rings. The van der Waals surface area contributed by atoms with E-state index in [1.54, 1.807) is 97.1 Å². The zero-order valence-corrected chi connectivity index (χ0v) is 29.3. The minimum Gasteiger partial charge on any atom is -0.465 e. The van der Waals surface area contributed by atoms with Crippen molar-refractivity contribution in [1.82, 2.24) is 20.9 Å². The van der Waals surface area contributed by atoms with Gasteiger partial charge in [0, 0.05) is 9.79 Å². The third kappa shape index (κ3) is 8.77. The van der Waals surface area contributed by atoms with Crippen LogP contribution in [0.15, 0.2) is 107 Å². The third-order valence-corrected chi connectivity index (χ3v) is 10.6. The van der Waals surface area contributed by atoms with Crippen LogP contribution in [0.3, 0.4) is 0 Å². The smallest absolute Gasteiger partial charge is 0.337 e. The van der Waals surface area contributed by atoms with E-state index >= 15 is 0 Å². The molecule has 0 aliphatic carbocycles. The number of carbonyl (C=O) groups is 5. The second-order valence-corrected chi connectivity index (χ2v) is 13.8. The molecule has 11 nitrogen and oxygen atoms in total. The summed E-state index contributed by atoms with van der Waals surface area (Å²) in [6.07, 6.45) is 0. The summed E-state index contributed by atoms with van der Waals surface area (Å²) < 4.78 is 4.69. The van der Waals surface area contributed by atoms with Crippen molar-refractivity contribution in [3.63, 3.8) is 0 Å². The Morgan fingerprint density at radius 1 is 0.740 bits per heavy atom. The fourth-order valence-corrected chi connectivity index (χ4v) is 7.24. The van der Waals surface area contributed by atoms with Gasteiger partial charge >= 0.3 is 5.97 Å². The fourth-order valence-electron chi connectivity index (χ4n) is 4.74. The first-order chi connectivity index (χ1) is 24.1. The normalized spacial score (nSPS) is 16.7. The van der Waals surface area contributed by atoms with Crippen LogP contribution in [0, 0.1) is 11.3 Å². The number of nitrogens with one attached hydrogen (secondary N) is 2. The van der Waals surface area contributed by atoms with Gasteiger partial charge in [-0.3, -0.25) is 30.0 Å². The number of rotatable bonds is 9. The second-order valence-electron chi connectivity index (χ2n) is 10.7. The molecule has 2 N–H and O–H groups in total. The van der Waals surface area contributed by atoms with Gasteiger partial charge in [-0.1, -0.05) is 71.7 Å². The predicted octanol–water partition coefficient (Wildman–Crippen LogP) is 5.41. The average Bonchev–Trinajstić information content (AvgIpc) is 3.54. The van der Waals surface area contributed by atoms with E-state index in [9.17, 15) is 24.0 Å². The predicted molar refractivity (Wildman–Crippen MR) is 189 cm³/mol. The molecule has 2 atom stereocenters. The van der Waals surface area contributed by atoms with Crippen molar-refractivity contribution in [2.45, 2.75) is 33.4 Å². The van der Waals surface area contributed by atoms with Crippen LogP contribution in [0.2, 0.25) is 10.0 Å². The Morgan fingerprint density at radius 3 is 1.72 bits per heavy atom. The Balaban J connectivity index is 0.000000195. The quantitative estimate of drug-likeness (QED) is 0.169. The molecule has 0 aromatic heterocycles. The number of esters is 1. The summed E-state index contributed by atoms with van der Waals surface area (Å²) in [5, 5.41) is 10.6. The number of amides is 4. The summed E-state index contributed by atoms with van der Waals surface area (Å²) in [5.74, 6) is -1.89. The summed E-state index contributed by atoms with van der Waals surface area (Å²) in [4.78, 5) is 62.4. The van der Waals surface area contributed by atoms with Crippen LogP contribution in [0.5, 0.6) is 0 Å². The highest BCUT2D eigenvalue weighted by atomic mass is 35.5. The van der Waals surface area contributed by atoms with E-state index < -0.39 is 22.4 Å². The van der Waals surface area contributed by atoms with Crippen LogP contribution in [-0.2, 0) is 37.0 Å². The number of hydrogen-bond donors (Lipinski definition) is 2. The molecule has 2 aliphatic rings. The monoisotopic (exact) mass is 747 g/mol. The first-order valence-corrected chi connectivity index (χ1v) is 17.3. The summed E-state index contributed by atoms with van der Waals surface area (Å²) in [5.41, 5.74) is 7.60. The van der Waals surface area contributed by atoms with Gasteiger partial charge in [-0.25, -0.2) is 14.8 Å². The van der Waals surface area contributed by atoms with Gasteiger partial charge in [0.1, 0.15) is 0 Å². The maximum Gasteiger partial charge on any atom is 0.337 e. The van der Waals surface area contributed by atoms with E-state index in [4.69, 9.17) is 28.5 Å². The fraction of sp³-hybridized carbons (Fsp3) is 0.143. The van der Waals surface area contributed by atoms with E-state index in [1.807, 2.05) is 6.07 Å². The Labute approximate surface area is 305 Å². The number of thioether (sulfide) groups is 2. The Morgan fingerprint density at radius 2 is 1.24 bits per heavy atom. The lowest BCUT2D eigenvalue weighted by Crippen LogP contribution is -2.35. The van der Waals surface area contributed by atoms with Crippen LogP contribution in [0.4, 0.5) is 0 Å². The first kappa shape index (κ1) is 36.3. The topological polar surface area (TPSA) is 149 Å². The van der Waals surface area contributed by atoms with Crippen molar-refractivity contribution in [3.8, 4) is 6.07 Å². The Bertz CT molecular complexity index is 1990. The number of ether oxygens (including phenoxy) is 1. The summed E-state index contributed by atoms with van der Waals surface area (Å²) in [6.45, 7) is 0.394. The van der Waals surface area contributed by atoms with Crippen LogP contribution in [-0.4, -0.2) is 57.2 Å². The molecule has 4 aromatic rings. The number of hydrogen-bond acceptors (Lipinski definition) is 9. The molecule has 4 amide bonds. The maximum atomic E-state index is 12.6. The summed E-state index contributed by atoms with van der Waals surface area (Å²) >= 11 is 14.4. The minimum atomic E-state index is -0.904. The highest BCUT2D eigenvalue weighted by molar-refractivity contribution is 8.01. The molecule has 2 saturated heterocycles. The molecular weight excluding hydrogens is 721 g/mol. The lowest BCUT2D eigenvalue weighted by molar-refractivity contribution is -0.130. The highest BCUT2D eigenvalue weighted by Crippen LogP contribution is 2.34. The van der Waals surface area contributed by atoms with E-state index in [1.165, 1.54) is 17.1 Å². The number of nitrogens with zero attached hydrogens (tertiary/aromatic N) is 3. The molecule has 15 heteroatoms. The van der Waals surface area contributed by atoms with Gasteiger partial charge in [-0.15, -0.1) is 23.5 Å². The van der Waals surface area contributed by atoms with Crippen LogP contribution < -0.4 is 10.9 Å². The molecule has 254 valence electrons. The molecule has 2 heterocycles. The molecule has 0 radical (unpaired) electrons. The van der Waals surface area contributed by atoms with Crippen LogP contribution >= 0.6 is 46.7 Å². The van der Waals surface area contributed by atoms with E-state index in [-0.39, 0.29) is 30.8 Å². The zero-order chi connectivity index (χ0) is 35.8. The zero-order valence-electron chi connectivity index (χ0n) is 26.2. The Kier molecular flexibility index (Phi) is 12.0. The number of nitriles is 1. The van der Waals surface area contributed by atoms with Gasteiger partial charge in [0.05, 0.1) is 47.4 Å². The molecule has 50 heavy (non-hydrogen) atoms. The van der Waals surface area contributed by atoms with Crippen LogP contribution in [0.25, 0.3) is 0 Å². The van der Waals surface area contributed by atoms with E-state index in [0.717, 1.165) is 29.1 Å². The lowest BCUT2D eigenvalue weighted by Gasteiger charge is -2.16. The summed E-state index contributed by atoms with van der Waals surface area (Å²) in [6, 6.07) is 29.7. The second kappa shape index (κ2) is 16.6.